The van der Waals surface area contributed by atoms with E-state index in [0.717, 1.165) is 5.56 Å². The normalized spacial score (nSPS) is 16.0. The number of nitro groups is 1. The zero-order valence-corrected chi connectivity index (χ0v) is 11.0. The van der Waals surface area contributed by atoms with E-state index in [2.05, 4.69) is 5.32 Å². The molecule has 0 aliphatic rings. The van der Waals surface area contributed by atoms with Crippen molar-refractivity contribution >= 4 is 5.69 Å². The molecule has 0 saturated carbocycles. The summed E-state index contributed by atoms with van der Waals surface area (Å²) in [7, 11) is 0. The minimum atomic E-state index is -0.755. The van der Waals surface area contributed by atoms with E-state index in [1.54, 1.807) is 19.1 Å². The number of benzene rings is 1. The molecule has 18 heavy (non-hydrogen) atoms. The lowest BCUT2D eigenvalue weighted by molar-refractivity contribution is -0.384. The Morgan fingerprint density at radius 3 is 2.78 bits per heavy atom. The van der Waals surface area contributed by atoms with E-state index in [0.29, 0.717) is 13.0 Å². The van der Waals surface area contributed by atoms with Crippen molar-refractivity contribution in [2.75, 3.05) is 6.54 Å². The van der Waals surface area contributed by atoms with Crippen molar-refractivity contribution in [3.63, 3.8) is 0 Å². The summed E-state index contributed by atoms with van der Waals surface area (Å²) in [6, 6.07) is 6.49. The van der Waals surface area contributed by atoms with Gasteiger partial charge in [0.15, 0.2) is 0 Å². The number of nitrogens with zero attached hydrogens (tertiary/aromatic N) is 1. The molecular weight excluding hydrogens is 232 g/mol. The van der Waals surface area contributed by atoms with Crippen LogP contribution in [0.2, 0.25) is 0 Å². The summed E-state index contributed by atoms with van der Waals surface area (Å²) < 4.78 is 0. The fourth-order valence-corrected chi connectivity index (χ4v) is 1.52. The Hall–Kier alpha value is -1.46. The van der Waals surface area contributed by atoms with Crippen LogP contribution in [-0.2, 0) is 0 Å². The Morgan fingerprint density at radius 1 is 1.56 bits per heavy atom. The molecular formula is C13H20N2O3. The SMILES string of the molecule is CCC(C)(O)CNC(C)c1cccc([N+](=O)[O-])c1. The predicted molar refractivity (Wildman–Crippen MR) is 70.4 cm³/mol. The summed E-state index contributed by atoms with van der Waals surface area (Å²) in [6.45, 7) is 6.05. The molecule has 2 atom stereocenters. The predicted octanol–water partition coefficient (Wildman–Crippen LogP) is 2.41. The Kier molecular flexibility index (Phi) is 4.81. The minimum Gasteiger partial charge on any atom is -0.389 e. The molecule has 0 saturated heterocycles. The smallest absolute Gasteiger partial charge is 0.269 e. The quantitative estimate of drug-likeness (QED) is 0.602. The molecule has 0 fully saturated rings. The lowest BCUT2D eigenvalue weighted by Crippen LogP contribution is -2.38. The minimum absolute atomic E-state index is 0.0390. The summed E-state index contributed by atoms with van der Waals surface area (Å²) in [5, 5.41) is 23.8. The van der Waals surface area contributed by atoms with E-state index in [-0.39, 0.29) is 11.7 Å². The highest BCUT2D eigenvalue weighted by Gasteiger charge is 2.19. The average molecular weight is 252 g/mol. The van der Waals surface area contributed by atoms with Crippen LogP contribution >= 0.6 is 0 Å². The number of rotatable bonds is 6. The van der Waals surface area contributed by atoms with Crippen molar-refractivity contribution in [1.82, 2.24) is 5.32 Å². The largest absolute Gasteiger partial charge is 0.389 e. The van der Waals surface area contributed by atoms with Gasteiger partial charge in [0.1, 0.15) is 0 Å². The average Bonchev–Trinajstić information content (AvgIpc) is 2.36. The monoisotopic (exact) mass is 252 g/mol. The zero-order valence-electron chi connectivity index (χ0n) is 11.0. The first-order valence-corrected chi connectivity index (χ1v) is 6.06. The summed E-state index contributed by atoms with van der Waals surface area (Å²) in [6.07, 6.45) is 0.654. The van der Waals surface area contributed by atoms with Crippen molar-refractivity contribution < 1.29 is 10.0 Å². The topological polar surface area (TPSA) is 75.4 Å². The molecule has 1 aromatic rings. The first kappa shape index (κ1) is 14.6. The molecule has 100 valence electrons. The maximum absolute atomic E-state index is 10.7. The molecule has 0 bridgehead atoms. The fraction of sp³-hybridized carbons (Fsp3) is 0.538. The highest BCUT2D eigenvalue weighted by molar-refractivity contribution is 5.35. The van der Waals surface area contributed by atoms with Gasteiger partial charge in [0.2, 0.25) is 0 Å². The summed E-state index contributed by atoms with van der Waals surface area (Å²) >= 11 is 0. The number of hydrogen-bond donors (Lipinski definition) is 2. The van der Waals surface area contributed by atoms with Gasteiger partial charge < -0.3 is 10.4 Å². The van der Waals surface area contributed by atoms with Gasteiger partial charge in [-0.25, -0.2) is 0 Å². The van der Waals surface area contributed by atoms with Gasteiger partial charge in [-0.3, -0.25) is 10.1 Å². The number of nitro benzene ring substituents is 1. The second-order valence-corrected chi connectivity index (χ2v) is 4.81. The highest BCUT2D eigenvalue weighted by atomic mass is 16.6. The van der Waals surface area contributed by atoms with Gasteiger partial charge in [0, 0.05) is 24.7 Å². The molecule has 2 unspecified atom stereocenters. The third kappa shape index (κ3) is 4.09. The Balaban J connectivity index is 2.69. The number of hydrogen-bond acceptors (Lipinski definition) is 4. The number of nitrogens with one attached hydrogen (secondary N) is 1. The van der Waals surface area contributed by atoms with Crippen LogP contribution in [0.1, 0.15) is 38.8 Å². The van der Waals surface area contributed by atoms with Gasteiger partial charge in [0.25, 0.3) is 5.69 Å². The van der Waals surface area contributed by atoms with E-state index in [1.165, 1.54) is 6.07 Å². The Bertz CT molecular complexity index is 418. The molecule has 0 amide bonds. The fourth-order valence-electron chi connectivity index (χ4n) is 1.52. The molecule has 0 heterocycles. The Morgan fingerprint density at radius 2 is 2.22 bits per heavy atom. The lowest BCUT2D eigenvalue weighted by atomic mass is 10.0. The van der Waals surface area contributed by atoms with E-state index < -0.39 is 10.5 Å². The van der Waals surface area contributed by atoms with Gasteiger partial charge in [-0.1, -0.05) is 19.1 Å². The molecule has 0 spiro atoms. The van der Waals surface area contributed by atoms with Crippen molar-refractivity contribution in [2.45, 2.75) is 38.8 Å². The van der Waals surface area contributed by atoms with Gasteiger partial charge in [-0.15, -0.1) is 0 Å². The molecule has 0 radical (unpaired) electrons. The third-order valence-corrected chi connectivity index (χ3v) is 3.13. The zero-order chi connectivity index (χ0) is 13.8. The van der Waals surface area contributed by atoms with Crippen molar-refractivity contribution in [3.8, 4) is 0 Å². The Labute approximate surface area is 107 Å². The third-order valence-electron chi connectivity index (χ3n) is 3.13. The lowest BCUT2D eigenvalue weighted by Gasteiger charge is -2.24. The molecule has 0 aromatic heterocycles. The van der Waals surface area contributed by atoms with Gasteiger partial charge >= 0.3 is 0 Å². The van der Waals surface area contributed by atoms with E-state index in [9.17, 15) is 15.2 Å². The van der Waals surface area contributed by atoms with Crippen LogP contribution in [0.15, 0.2) is 24.3 Å². The number of non-ortho nitro benzene ring substituents is 1. The van der Waals surface area contributed by atoms with Gasteiger partial charge in [-0.2, -0.15) is 0 Å². The van der Waals surface area contributed by atoms with Crippen LogP contribution in [-0.4, -0.2) is 22.2 Å². The second kappa shape index (κ2) is 5.93. The summed E-state index contributed by atoms with van der Waals surface area (Å²) in [5.74, 6) is 0. The maximum atomic E-state index is 10.7. The maximum Gasteiger partial charge on any atom is 0.269 e. The van der Waals surface area contributed by atoms with E-state index in [4.69, 9.17) is 0 Å². The van der Waals surface area contributed by atoms with Crippen LogP contribution in [0.3, 0.4) is 0 Å². The molecule has 0 aliphatic heterocycles. The molecule has 2 N–H and O–H groups in total. The van der Waals surface area contributed by atoms with Gasteiger partial charge in [0.05, 0.1) is 10.5 Å². The van der Waals surface area contributed by atoms with Crippen molar-refractivity contribution in [1.29, 1.82) is 0 Å². The molecule has 1 rings (SSSR count). The highest BCUT2D eigenvalue weighted by Crippen LogP contribution is 2.19. The number of aliphatic hydroxyl groups is 1. The van der Waals surface area contributed by atoms with E-state index in [1.807, 2.05) is 19.9 Å². The van der Waals surface area contributed by atoms with Gasteiger partial charge in [-0.05, 0) is 25.8 Å². The van der Waals surface area contributed by atoms with Crippen molar-refractivity contribution in [2.24, 2.45) is 0 Å². The standard InChI is InChI=1S/C13H20N2O3/c1-4-13(3,16)9-14-10(2)11-6-5-7-12(8-11)15(17)18/h5-8,10,14,16H,4,9H2,1-3H3. The van der Waals surface area contributed by atoms with Crippen LogP contribution in [0, 0.1) is 10.1 Å². The van der Waals surface area contributed by atoms with Crippen molar-refractivity contribution in [3.05, 3.63) is 39.9 Å². The van der Waals surface area contributed by atoms with Crippen LogP contribution in [0.25, 0.3) is 0 Å². The van der Waals surface area contributed by atoms with Crippen LogP contribution < -0.4 is 5.32 Å². The molecule has 5 nitrogen and oxygen atoms in total. The molecule has 1 aromatic carbocycles. The van der Waals surface area contributed by atoms with E-state index >= 15 is 0 Å². The first-order valence-electron chi connectivity index (χ1n) is 6.06. The first-order chi connectivity index (χ1) is 8.35. The summed E-state index contributed by atoms with van der Waals surface area (Å²) in [5.41, 5.74) is 0.175. The van der Waals surface area contributed by atoms with Crippen LogP contribution in [0.5, 0.6) is 0 Å². The second-order valence-electron chi connectivity index (χ2n) is 4.81. The molecule has 5 heteroatoms. The summed E-state index contributed by atoms with van der Waals surface area (Å²) in [4.78, 5) is 10.3. The van der Waals surface area contributed by atoms with Crippen LogP contribution in [0.4, 0.5) is 5.69 Å². The molecule has 0 aliphatic carbocycles.